The largest absolute Gasteiger partial charge is 0.497 e. The van der Waals surface area contributed by atoms with Gasteiger partial charge in [0.1, 0.15) is 17.1 Å². The maximum Gasteiger partial charge on any atom is 0.336 e. The Bertz CT molecular complexity index is 1490. The first-order valence-electron chi connectivity index (χ1n) is 10.5. The normalized spacial score (nSPS) is 11.0. The van der Waals surface area contributed by atoms with E-state index in [4.69, 9.17) is 13.9 Å². The number of para-hydroxylation sites is 1. The van der Waals surface area contributed by atoms with Gasteiger partial charge >= 0.3 is 5.63 Å². The van der Waals surface area contributed by atoms with Gasteiger partial charge in [0, 0.05) is 34.5 Å². The van der Waals surface area contributed by atoms with Crippen LogP contribution < -0.4 is 15.1 Å². The lowest BCUT2D eigenvalue weighted by Crippen LogP contribution is -2.02. The fourth-order valence-corrected chi connectivity index (χ4v) is 4.64. The van der Waals surface area contributed by atoms with Gasteiger partial charge in [-0.15, -0.1) is 10.2 Å². The highest BCUT2D eigenvalue weighted by Crippen LogP contribution is 2.32. The molecule has 0 spiro atoms. The molecule has 0 unspecified atom stereocenters. The van der Waals surface area contributed by atoms with Crippen molar-refractivity contribution >= 4 is 22.7 Å². The summed E-state index contributed by atoms with van der Waals surface area (Å²) in [5, 5.41) is 10.5. The van der Waals surface area contributed by atoms with E-state index in [1.54, 1.807) is 20.3 Å². The Morgan fingerprint density at radius 1 is 0.882 bits per heavy atom. The third-order valence-corrected chi connectivity index (χ3v) is 6.37. The van der Waals surface area contributed by atoms with Crippen molar-refractivity contribution < 1.29 is 13.9 Å². The van der Waals surface area contributed by atoms with Crippen LogP contribution in [0, 0.1) is 0 Å². The number of fused-ring (bicyclic) bond motifs is 1. The maximum atomic E-state index is 12.2. The van der Waals surface area contributed by atoms with Gasteiger partial charge in [0.05, 0.1) is 14.2 Å². The van der Waals surface area contributed by atoms with E-state index in [1.807, 2.05) is 71.3 Å². The minimum Gasteiger partial charge on any atom is -0.497 e. The Hall–Kier alpha value is -4.04. The average Bonchev–Trinajstić information content (AvgIpc) is 3.31. The molecule has 2 aromatic heterocycles. The van der Waals surface area contributed by atoms with Crippen molar-refractivity contribution in [2.75, 3.05) is 14.2 Å². The molecule has 0 atom stereocenters. The Morgan fingerprint density at radius 3 is 2.35 bits per heavy atom. The predicted molar refractivity (Wildman–Crippen MR) is 132 cm³/mol. The van der Waals surface area contributed by atoms with E-state index in [1.165, 1.54) is 17.8 Å². The van der Waals surface area contributed by atoms with E-state index in [0.29, 0.717) is 22.2 Å². The smallest absolute Gasteiger partial charge is 0.336 e. The molecule has 0 aliphatic rings. The fraction of sp³-hybridized carbons (Fsp3) is 0.115. The first-order chi connectivity index (χ1) is 16.7. The van der Waals surface area contributed by atoms with Crippen LogP contribution in [0.4, 0.5) is 0 Å². The average molecular weight is 472 g/mol. The molecule has 170 valence electrons. The number of hydrogen-bond acceptors (Lipinski definition) is 7. The number of hydrogen-bond donors (Lipinski definition) is 0. The van der Waals surface area contributed by atoms with Crippen LogP contribution in [-0.2, 0) is 5.75 Å². The summed E-state index contributed by atoms with van der Waals surface area (Å²) in [6, 6.07) is 24.7. The van der Waals surface area contributed by atoms with Crippen LogP contribution in [0.2, 0.25) is 0 Å². The molecule has 0 fully saturated rings. The van der Waals surface area contributed by atoms with E-state index in [-0.39, 0.29) is 0 Å². The summed E-state index contributed by atoms with van der Waals surface area (Å²) < 4.78 is 17.9. The maximum absolute atomic E-state index is 12.2. The molecule has 8 heteroatoms. The number of methoxy groups -OCH3 is 2. The van der Waals surface area contributed by atoms with Crippen LogP contribution in [0.15, 0.2) is 93.2 Å². The molecule has 0 radical (unpaired) electrons. The number of aromatic nitrogens is 3. The van der Waals surface area contributed by atoms with Gasteiger partial charge in [0.15, 0.2) is 11.0 Å². The van der Waals surface area contributed by atoms with E-state index in [9.17, 15) is 4.79 Å². The zero-order chi connectivity index (χ0) is 23.5. The minimum absolute atomic E-state index is 0.403. The lowest BCUT2D eigenvalue weighted by Gasteiger charge is -2.11. The Labute approximate surface area is 200 Å². The second-order valence-electron chi connectivity index (χ2n) is 7.45. The van der Waals surface area contributed by atoms with Gasteiger partial charge in [-0.2, -0.15) is 0 Å². The molecule has 0 N–H and O–H groups in total. The monoisotopic (exact) mass is 471 g/mol. The van der Waals surface area contributed by atoms with Crippen LogP contribution in [0.25, 0.3) is 28.0 Å². The van der Waals surface area contributed by atoms with Gasteiger partial charge in [0.25, 0.3) is 0 Å². The Kier molecular flexibility index (Phi) is 6.05. The van der Waals surface area contributed by atoms with Crippen molar-refractivity contribution in [1.82, 2.24) is 14.8 Å². The predicted octanol–water partition coefficient (Wildman–Crippen LogP) is 5.35. The molecule has 0 aliphatic heterocycles. The molecule has 7 nitrogen and oxygen atoms in total. The van der Waals surface area contributed by atoms with Crippen molar-refractivity contribution in [3.8, 4) is 28.6 Å². The standard InChI is InChI=1S/C26H21N3O4S/c1-31-20-10-8-17(9-11-20)25-27-28-26(29(25)19-6-4-3-5-7-19)34-16-18-14-24(30)33-23-15-21(32-2)12-13-22(18)23/h3-15H,16H2,1-2H3. The number of rotatable bonds is 7. The summed E-state index contributed by atoms with van der Waals surface area (Å²) >= 11 is 1.50. The minimum atomic E-state index is -0.403. The summed E-state index contributed by atoms with van der Waals surface area (Å²) in [7, 11) is 3.22. The third kappa shape index (κ3) is 4.27. The van der Waals surface area contributed by atoms with Crippen molar-refractivity contribution in [3.05, 3.63) is 94.8 Å². The summed E-state index contributed by atoms with van der Waals surface area (Å²) in [5.41, 5.74) is 2.81. The summed E-state index contributed by atoms with van der Waals surface area (Å²) in [4.78, 5) is 12.2. The van der Waals surface area contributed by atoms with Crippen LogP contribution in [-0.4, -0.2) is 29.0 Å². The van der Waals surface area contributed by atoms with Crippen molar-refractivity contribution in [2.24, 2.45) is 0 Å². The van der Waals surface area contributed by atoms with E-state index >= 15 is 0 Å². The highest BCUT2D eigenvalue weighted by atomic mass is 32.2. The summed E-state index contributed by atoms with van der Waals surface area (Å²) in [6.45, 7) is 0. The van der Waals surface area contributed by atoms with Crippen LogP contribution in [0.1, 0.15) is 5.56 Å². The summed E-state index contributed by atoms with van der Waals surface area (Å²) in [6.07, 6.45) is 0. The number of benzene rings is 3. The molecule has 0 saturated carbocycles. The molecule has 3 aromatic carbocycles. The lowest BCUT2D eigenvalue weighted by atomic mass is 10.1. The first kappa shape index (κ1) is 21.8. The Balaban J connectivity index is 1.53. The number of ether oxygens (including phenoxy) is 2. The summed E-state index contributed by atoms with van der Waals surface area (Å²) in [5.74, 6) is 2.64. The Morgan fingerprint density at radius 2 is 1.62 bits per heavy atom. The van der Waals surface area contributed by atoms with Crippen LogP contribution >= 0.6 is 11.8 Å². The molecule has 0 aliphatic carbocycles. The van der Waals surface area contributed by atoms with Gasteiger partial charge in [-0.05, 0) is 54.1 Å². The second-order valence-corrected chi connectivity index (χ2v) is 8.39. The highest BCUT2D eigenvalue weighted by Gasteiger charge is 2.17. The van der Waals surface area contributed by atoms with Gasteiger partial charge in [-0.3, -0.25) is 4.57 Å². The molecule has 2 heterocycles. The van der Waals surface area contributed by atoms with Gasteiger partial charge in [-0.25, -0.2) is 4.79 Å². The van der Waals surface area contributed by atoms with Gasteiger partial charge in [-0.1, -0.05) is 30.0 Å². The zero-order valence-electron chi connectivity index (χ0n) is 18.6. The van der Waals surface area contributed by atoms with Gasteiger partial charge < -0.3 is 13.9 Å². The van der Waals surface area contributed by atoms with Crippen molar-refractivity contribution in [2.45, 2.75) is 10.9 Å². The molecule has 0 amide bonds. The van der Waals surface area contributed by atoms with E-state index in [2.05, 4.69) is 10.2 Å². The number of thioether (sulfide) groups is 1. The second kappa shape index (κ2) is 9.44. The van der Waals surface area contributed by atoms with Crippen molar-refractivity contribution in [1.29, 1.82) is 0 Å². The van der Waals surface area contributed by atoms with E-state index < -0.39 is 5.63 Å². The first-order valence-corrected chi connectivity index (χ1v) is 11.5. The quantitative estimate of drug-likeness (QED) is 0.234. The topological polar surface area (TPSA) is 79.4 Å². The van der Waals surface area contributed by atoms with Crippen LogP contribution in [0.5, 0.6) is 11.5 Å². The highest BCUT2D eigenvalue weighted by molar-refractivity contribution is 7.98. The molecule has 0 bridgehead atoms. The molecular weight excluding hydrogens is 450 g/mol. The molecule has 0 saturated heterocycles. The zero-order valence-corrected chi connectivity index (χ0v) is 19.4. The molecule has 34 heavy (non-hydrogen) atoms. The molecule has 5 aromatic rings. The fourth-order valence-electron chi connectivity index (χ4n) is 3.70. The van der Waals surface area contributed by atoms with Crippen molar-refractivity contribution in [3.63, 3.8) is 0 Å². The van der Waals surface area contributed by atoms with Crippen LogP contribution in [0.3, 0.4) is 0 Å². The molecule has 5 rings (SSSR count). The third-order valence-electron chi connectivity index (χ3n) is 5.39. The van der Waals surface area contributed by atoms with Gasteiger partial charge in [0.2, 0.25) is 0 Å². The molecular formula is C26H21N3O4S. The number of nitrogens with zero attached hydrogens (tertiary/aromatic N) is 3. The SMILES string of the molecule is COc1ccc(-c2nnc(SCc3cc(=O)oc4cc(OC)ccc34)n2-c2ccccc2)cc1. The van der Waals surface area contributed by atoms with E-state index in [0.717, 1.165) is 33.8 Å². The lowest BCUT2D eigenvalue weighted by molar-refractivity contribution is 0.414.